The normalized spacial score (nSPS) is 10.7. The summed E-state index contributed by atoms with van der Waals surface area (Å²) in [5.74, 6) is 1.04. The Morgan fingerprint density at radius 1 is 1.22 bits per heavy atom. The van der Waals surface area contributed by atoms with Gasteiger partial charge < -0.3 is 9.84 Å². The number of amides is 1. The van der Waals surface area contributed by atoms with Crippen molar-refractivity contribution in [3.63, 3.8) is 0 Å². The Bertz CT molecular complexity index is 851. The molecule has 1 aromatic carbocycles. The van der Waals surface area contributed by atoms with E-state index < -0.39 is 0 Å². The Balaban J connectivity index is 1.81. The average molecular weight is 327 g/mol. The fourth-order valence-electron chi connectivity index (χ4n) is 2.12. The van der Waals surface area contributed by atoms with Gasteiger partial charge in [-0.1, -0.05) is 11.2 Å². The van der Waals surface area contributed by atoms with Crippen molar-refractivity contribution >= 4 is 17.2 Å². The summed E-state index contributed by atoms with van der Waals surface area (Å²) < 4.78 is 5.38. The van der Waals surface area contributed by atoms with Gasteiger partial charge in [-0.3, -0.25) is 4.79 Å². The van der Waals surface area contributed by atoms with Gasteiger partial charge in [-0.2, -0.15) is 4.98 Å². The number of hydrogen-bond acceptors (Lipinski definition) is 5. The van der Waals surface area contributed by atoms with Gasteiger partial charge >= 0.3 is 0 Å². The molecule has 118 valence electrons. The van der Waals surface area contributed by atoms with E-state index in [4.69, 9.17) is 4.52 Å². The zero-order chi connectivity index (χ0) is 16.4. The van der Waals surface area contributed by atoms with Crippen LogP contribution in [-0.4, -0.2) is 16.0 Å². The SMILES string of the molecule is CC(=O)NCc1ccc(-c2noc(-c3ccc(C)c(C)c3)n2)s1. The van der Waals surface area contributed by atoms with Crippen LogP contribution in [0.15, 0.2) is 34.9 Å². The molecular formula is C17H17N3O2S. The maximum absolute atomic E-state index is 11.0. The van der Waals surface area contributed by atoms with Gasteiger partial charge in [0.15, 0.2) is 0 Å². The van der Waals surface area contributed by atoms with Crippen molar-refractivity contribution in [2.45, 2.75) is 27.3 Å². The molecule has 0 unspecified atom stereocenters. The van der Waals surface area contributed by atoms with Crippen LogP contribution in [0.4, 0.5) is 0 Å². The molecule has 0 aliphatic rings. The van der Waals surface area contributed by atoms with Crippen molar-refractivity contribution < 1.29 is 9.32 Å². The van der Waals surface area contributed by atoms with Crippen LogP contribution < -0.4 is 5.32 Å². The van der Waals surface area contributed by atoms with E-state index in [1.807, 2.05) is 30.3 Å². The molecule has 2 aromatic heterocycles. The number of carbonyl (C=O) groups is 1. The third-order valence-corrected chi connectivity index (χ3v) is 4.65. The molecule has 0 aliphatic carbocycles. The monoisotopic (exact) mass is 327 g/mol. The maximum Gasteiger partial charge on any atom is 0.258 e. The summed E-state index contributed by atoms with van der Waals surface area (Å²) in [6.45, 7) is 6.15. The van der Waals surface area contributed by atoms with Gasteiger partial charge in [-0.15, -0.1) is 11.3 Å². The van der Waals surface area contributed by atoms with Crippen LogP contribution in [0.2, 0.25) is 0 Å². The highest BCUT2D eigenvalue weighted by Gasteiger charge is 2.13. The van der Waals surface area contributed by atoms with E-state index >= 15 is 0 Å². The number of thiophene rings is 1. The molecule has 0 radical (unpaired) electrons. The Labute approximate surface area is 138 Å². The van der Waals surface area contributed by atoms with Crippen LogP contribution in [0.25, 0.3) is 22.2 Å². The number of hydrogen-bond donors (Lipinski definition) is 1. The molecule has 0 fully saturated rings. The first-order chi connectivity index (χ1) is 11.0. The van der Waals surface area contributed by atoms with Gasteiger partial charge in [0.1, 0.15) is 0 Å². The molecule has 0 bridgehead atoms. The van der Waals surface area contributed by atoms with Crippen molar-refractivity contribution in [1.29, 1.82) is 0 Å². The van der Waals surface area contributed by atoms with Crippen molar-refractivity contribution in [3.8, 4) is 22.2 Å². The molecule has 23 heavy (non-hydrogen) atoms. The molecule has 3 rings (SSSR count). The van der Waals surface area contributed by atoms with Crippen LogP contribution in [-0.2, 0) is 11.3 Å². The minimum Gasteiger partial charge on any atom is -0.351 e. The fourth-order valence-corrected chi connectivity index (χ4v) is 2.99. The highest BCUT2D eigenvalue weighted by atomic mass is 32.1. The lowest BCUT2D eigenvalue weighted by Crippen LogP contribution is -2.17. The summed E-state index contributed by atoms with van der Waals surface area (Å²) in [6.07, 6.45) is 0. The van der Waals surface area contributed by atoms with Crippen LogP contribution >= 0.6 is 11.3 Å². The Morgan fingerprint density at radius 3 is 2.78 bits per heavy atom. The summed E-state index contributed by atoms with van der Waals surface area (Å²) in [4.78, 5) is 17.4. The number of nitrogens with one attached hydrogen (secondary N) is 1. The van der Waals surface area contributed by atoms with E-state index in [0.29, 0.717) is 18.3 Å². The summed E-state index contributed by atoms with van der Waals surface area (Å²) in [6, 6.07) is 9.98. The van der Waals surface area contributed by atoms with Gasteiger partial charge in [0.05, 0.1) is 11.4 Å². The van der Waals surface area contributed by atoms with E-state index in [2.05, 4.69) is 29.3 Å². The minimum atomic E-state index is -0.0449. The molecule has 0 atom stereocenters. The van der Waals surface area contributed by atoms with Gasteiger partial charge in [-0.25, -0.2) is 0 Å². The summed E-state index contributed by atoms with van der Waals surface area (Å²) in [5.41, 5.74) is 3.34. The molecule has 0 saturated carbocycles. The van der Waals surface area contributed by atoms with Gasteiger partial charge in [-0.05, 0) is 49.2 Å². The topological polar surface area (TPSA) is 68.0 Å². The maximum atomic E-state index is 11.0. The first-order valence-electron chi connectivity index (χ1n) is 7.28. The summed E-state index contributed by atoms with van der Waals surface area (Å²) in [7, 11) is 0. The van der Waals surface area contributed by atoms with Gasteiger partial charge in [0.2, 0.25) is 11.7 Å². The minimum absolute atomic E-state index is 0.0449. The number of carbonyl (C=O) groups excluding carboxylic acids is 1. The van der Waals surface area contributed by atoms with E-state index in [1.165, 1.54) is 18.1 Å². The molecule has 2 heterocycles. The Kier molecular flexibility index (Phi) is 4.25. The highest BCUT2D eigenvalue weighted by molar-refractivity contribution is 7.15. The zero-order valence-corrected chi connectivity index (χ0v) is 14.0. The van der Waals surface area contributed by atoms with Crippen molar-refractivity contribution in [3.05, 3.63) is 46.3 Å². The molecule has 0 spiro atoms. The number of aromatic nitrogens is 2. The quantitative estimate of drug-likeness (QED) is 0.793. The third-order valence-electron chi connectivity index (χ3n) is 3.57. The van der Waals surface area contributed by atoms with Crippen LogP contribution in [0.1, 0.15) is 22.9 Å². The lowest BCUT2D eigenvalue weighted by atomic mass is 10.1. The largest absolute Gasteiger partial charge is 0.351 e. The highest BCUT2D eigenvalue weighted by Crippen LogP contribution is 2.28. The van der Waals surface area contributed by atoms with E-state index in [1.54, 1.807) is 11.3 Å². The number of aryl methyl sites for hydroxylation is 2. The van der Waals surface area contributed by atoms with Gasteiger partial charge in [0, 0.05) is 17.4 Å². The number of benzene rings is 1. The van der Waals surface area contributed by atoms with Crippen molar-refractivity contribution in [1.82, 2.24) is 15.5 Å². The molecule has 1 amide bonds. The Morgan fingerprint density at radius 2 is 2.04 bits per heavy atom. The molecule has 1 N–H and O–H groups in total. The Hall–Kier alpha value is -2.47. The average Bonchev–Trinajstić information content (AvgIpc) is 3.16. The number of rotatable bonds is 4. The van der Waals surface area contributed by atoms with E-state index in [9.17, 15) is 4.79 Å². The molecule has 5 nitrogen and oxygen atoms in total. The predicted octanol–water partition coefficient (Wildman–Crippen LogP) is 3.72. The molecule has 0 saturated heterocycles. The lowest BCUT2D eigenvalue weighted by molar-refractivity contribution is -0.119. The standard InChI is InChI=1S/C17H17N3O2S/c1-10-4-5-13(8-11(10)2)17-19-16(20-22-17)15-7-6-14(23-15)9-18-12(3)21/h4-8H,9H2,1-3H3,(H,18,21). The van der Waals surface area contributed by atoms with E-state index in [0.717, 1.165) is 15.3 Å². The first-order valence-corrected chi connectivity index (χ1v) is 8.09. The molecular weight excluding hydrogens is 310 g/mol. The fraction of sp³-hybridized carbons (Fsp3) is 0.235. The zero-order valence-electron chi connectivity index (χ0n) is 13.2. The second-order valence-electron chi connectivity index (χ2n) is 5.40. The molecule has 6 heteroatoms. The van der Waals surface area contributed by atoms with Gasteiger partial charge in [0.25, 0.3) is 5.89 Å². The smallest absolute Gasteiger partial charge is 0.258 e. The first kappa shape index (κ1) is 15.4. The number of nitrogens with zero attached hydrogens (tertiary/aromatic N) is 2. The summed E-state index contributed by atoms with van der Waals surface area (Å²) in [5, 5.41) is 6.84. The van der Waals surface area contributed by atoms with Crippen molar-refractivity contribution in [2.24, 2.45) is 0 Å². The van der Waals surface area contributed by atoms with E-state index in [-0.39, 0.29) is 5.91 Å². The van der Waals surface area contributed by atoms with Crippen molar-refractivity contribution in [2.75, 3.05) is 0 Å². The van der Waals surface area contributed by atoms with Crippen LogP contribution in [0.5, 0.6) is 0 Å². The third kappa shape index (κ3) is 3.48. The van der Waals surface area contributed by atoms with Crippen LogP contribution in [0.3, 0.4) is 0 Å². The summed E-state index contributed by atoms with van der Waals surface area (Å²) >= 11 is 1.54. The van der Waals surface area contributed by atoms with Crippen LogP contribution in [0, 0.1) is 13.8 Å². The second-order valence-corrected chi connectivity index (χ2v) is 6.57. The lowest BCUT2D eigenvalue weighted by Gasteiger charge is -2.00. The predicted molar refractivity (Wildman–Crippen MR) is 90.0 cm³/mol. The molecule has 0 aliphatic heterocycles. The molecule has 3 aromatic rings. The second kappa shape index (κ2) is 6.34.